The number of carbonyl (C=O) groups is 3. The third kappa shape index (κ3) is 5.35. The van der Waals surface area contributed by atoms with Crippen LogP contribution >= 0.6 is 11.6 Å². The first kappa shape index (κ1) is 24.7. The standard InChI is InChI=1S/C21H27ClN4O7/c1-5-32-19(28)18(27)25(17-16(26(30)31)8-12(22)11-23-17)15-9-13-6-7-14(10-15)24(13)20(29)33-21(2,3)4/h8,11,13-15H,5-7,9-10H2,1-4H3/t13-,14+,15?. The van der Waals surface area contributed by atoms with E-state index in [-0.39, 0.29) is 29.5 Å². The monoisotopic (exact) mass is 482 g/mol. The number of ether oxygens (including phenoxy) is 2. The van der Waals surface area contributed by atoms with Crippen molar-refractivity contribution in [1.29, 1.82) is 0 Å². The molecule has 2 aliphatic rings. The molecule has 2 bridgehead atoms. The minimum atomic E-state index is -1.13. The number of pyridine rings is 1. The van der Waals surface area contributed by atoms with Gasteiger partial charge in [-0.1, -0.05) is 11.6 Å². The molecule has 3 atom stereocenters. The van der Waals surface area contributed by atoms with Gasteiger partial charge in [0.15, 0.2) is 0 Å². The molecule has 0 spiro atoms. The summed E-state index contributed by atoms with van der Waals surface area (Å²) in [5.41, 5.74) is -1.16. The van der Waals surface area contributed by atoms with Crippen LogP contribution in [0.25, 0.3) is 0 Å². The normalized spacial score (nSPS) is 22.0. The summed E-state index contributed by atoms with van der Waals surface area (Å²) in [5.74, 6) is -2.46. The Kier molecular flexibility index (Phi) is 7.11. The molecule has 1 unspecified atom stereocenters. The van der Waals surface area contributed by atoms with Crippen LogP contribution < -0.4 is 4.90 Å². The van der Waals surface area contributed by atoms with Crippen molar-refractivity contribution in [1.82, 2.24) is 9.88 Å². The smallest absolute Gasteiger partial charge is 0.410 e. The maximum Gasteiger partial charge on any atom is 0.410 e. The van der Waals surface area contributed by atoms with Crippen molar-refractivity contribution in [2.24, 2.45) is 0 Å². The fourth-order valence-electron chi connectivity index (χ4n) is 4.44. The Morgan fingerprint density at radius 3 is 2.39 bits per heavy atom. The van der Waals surface area contributed by atoms with E-state index in [2.05, 4.69) is 4.98 Å². The topological polar surface area (TPSA) is 132 Å². The summed E-state index contributed by atoms with van der Waals surface area (Å²) < 4.78 is 10.4. The van der Waals surface area contributed by atoms with E-state index in [0.29, 0.717) is 25.7 Å². The van der Waals surface area contributed by atoms with Gasteiger partial charge in [-0.2, -0.15) is 0 Å². The maximum atomic E-state index is 13.1. The van der Waals surface area contributed by atoms with Crippen LogP contribution in [-0.2, 0) is 19.1 Å². The summed E-state index contributed by atoms with van der Waals surface area (Å²) in [6.07, 6.45) is 2.74. The van der Waals surface area contributed by atoms with Crippen molar-refractivity contribution in [2.75, 3.05) is 11.5 Å². The highest BCUT2D eigenvalue weighted by molar-refractivity contribution is 6.38. The van der Waals surface area contributed by atoms with Crippen molar-refractivity contribution < 1.29 is 28.8 Å². The van der Waals surface area contributed by atoms with E-state index in [4.69, 9.17) is 21.1 Å². The van der Waals surface area contributed by atoms with Gasteiger partial charge < -0.3 is 14.4 Å². The summed E-state index contributed by atoms with van der Waals surface area (Å²) in [4.78, 5) is 55.9. The number of nitrogens with zero attached hydrogens (tertiary/aromatic N) is 4. The molecule has 0 aliphatic carbocycles. The number of amides is 2. The summed E-state index contributed by atoms with van der Waals surface area (Å²) in [5, 5.41) is 11.7. The third-order valence-electron chi connectivity index (χ3n) is 5.59. The molecule has 33 heavy (non-hydrogen) atoms. The van der Waals surface area contributed by atoms with Crippen molar-refractivity contribution in [3.05, 3.63) is 27.4 Å². The largest absolute Gasteiger partial charge is 0.459 e. The van der Waals surface area contributed by atoms with Crippen LogP contribution in [-0.4, -0.2) is 63.1 Å². The van der Waals surface area contributed by atoms with Gasteiger partial charge in [-0.25, -0.2) is 14.6 Å². The van der Waals surface area contributed by atoms with Gasteiger partial charge in [0.25, 0.3) is 0 Å². The minimum Gasteiger partial charge on any atom is -0.459 e. The van der Waals surface area contributed by atoms with Crippen LogP contribution in [0.15, 0.2) is 12.3 Å². The van der Waals surface area contributed by atoms with Crippen LogP contribution in [0, 0.1) is 10.1 Å². The quantitative estimate of drug-likeness (QED) is 0.276. The Balaban J connectivity index is 1.96. The van der Waals surface area contributed by atoms with Crippen LogP contribution in [0.5, 0.6) is 0 Å². The molecule has 0 saturated carbocycles. The molecular formula is C21H27ClN4O7. The van der Waals surface area contributed by atoms with Gasteiger partial charge in [-0.15, -0.1) is 0 Å². The number of carbonyl (C=O) groups excluding carboxylic acids is 3. The number of hydrogen-bond donors (Lipinski definition) is 0. The van der Waals surface area contributed by atoms with Crippen LogP contribution in [0.4, 0.5) is 16.3 Å². The van der Waals surface area contributed by atoms with Crippen LogP contribution in [0.2, 0.25) is 5.02 Å². The molecule has 2 fully saturated rings. The van der Waals surface area contributed by atoms with E-state index in [9.17, 15) is 24.5 Å². The highest BCUT2D eigenvalue weighted by Crippen LogP contribution is 2.41. The Hall–Kier alpha value is -2.95. The van der Waals surface area contributed by atoms with E-state index in [0.717, 1.165) is 11.0 Å². The average molecular weight is 483 g/mol. The van der Waals surface area contributed by atoms with E-state index >= 15 is 0 Å². The molecule has 0 aromatic carbocycles. The van der Waals surface area contributed by atoms with Gasteiger partial charge >= 0.3 is 23.7 Å². The highest BCUT2D eigenvalue weighted by atomic mass is 35.5. The number of esters is 1. The van der Waals surface area contributed by atoms with Crippen molar-refractivity contribution >= 4 is 41.1 Å². The first-order chi connectivity index (χ1) is 15.4. The van der Waals surface area contributed by atoms with Gasteiger partial charge in [0.2, 0.25) is 5.82 Å². The van der Waals surface area contributed by atoms with Crippen molar-refractivity contribution in [3.63, 3.8) is 0 Å². The molecular weight excluding hydrogens is 456 g/mol. The number of aromatic nitrogens is 1. The minimum absolute atomic E-state index is 0.0220. The van der Waals surface area contributed by atoms with Crippen LogP contribution in [0.3, 0.4) is 0 Å². The number of fused-ring (bicyclic) bond motifs is 2. The van der Waals surface area contributed by atoms with Crippen molar-refractivity contribution in [3.8, 4) is 0 Å². The van der Waals surface area contributed by atoms with Gasteiger partial charge in [0.1, 0.15) is 5.60 Å². The SMILES string of the molecule is CCOC(=O)C(=O)N(c1ncc(Cl)cc1[N+](=O)[O-])C1C[C@H]2CC[C@@H](C1)N2C(=O)OC(C)(C)C. The molecule has 3 rings (SSSR count). The Morgan fingerprint density at radius 1 is 1.27 bits per heavy atom. The van der Waals surface area contributed by atoms with Gasteiger partial charge in [-0.3, -0.25) is 19.8 Å². The third-order valence-corrected chi connectivity index (χ3v) is 5.79. The number of piperidine rings is 1. The Labute approximate surface area is 196 Å². The Bertz CT molecular complexity index is 950. The zero-order chi connectivity index (χ0) is 24.5. The zero-order valence-corrected chi connectivity index (χ0v) is 19.7. The van der Waals surface area contributed by atoms with E-state index in [1.807, 2.05) is 0 Å². The number of hydrogen-bond acceptors (Lipinski definition) is 8. The van der Waals surface area contributed by atoms with E-state index in [1.54, 1.807) is 32.6 Å². The highest BCUT2D eigenvalue weighted by Gasteiger charge is 2.49. The van der Waals surface area contributed by atoms with Crippen molar-refractivity contribution in [2.45, 2.75) is 77.1 Å². The van der Waals surface area contributed by atoms with E-state index < -0.39 is 40.2 Å². The first-order valence-corrected chi connectivity index (χ1v) is 11.1. The van der Waals surface area contributed by atoms with E-state index in [1.165, 1.54) is 6.20 Å². The fourth-order valence-corrected chi connectivity index (χ4v) is 4.59. The predicted molar refractivity (Wildman–Crippen MR) is 118 cm³/mol. The molecule has 0 radical (unpaired) electrons. The lowest BCUT2D eigenvalue weighted by molar-refractivity contribution is -0.384. The summed E-state index contributed by atoms with van der Waals surface area (Å²) in [7, 11) is 0. The molecule has 11 nitrogen and oxygen atoms in total. The van der Waals surface area contributed by atoms with Gasteiger partial charge in [0.05, 0.1) is 16.6 Å². The molecule has 2 aliphatic heterocycles. The lowest BCUT2D eigenvalue weighted by Crippen LogP contribution is -2.56. The van der Waals surface area contributed by atoms with Gasteiger partial charge in [-0.05, 0) is 53.4 Å². The lowest BCUT2D eigenvalue weighted by Gasteiger charge is -2.42. The molecule has 1 aromatic heterocycles. The second kappa shape index (κ2) is 9.50. The molecule has 0 N–H and O–H groups in total. The lowest BCUT2D eigenvalue weighted by atomic mass is 9.95. The molecule has 12 heteroatoms. The molecule has 3 heterocycles. The predicted octanol–water partition coefficient (Wildman–Crippen LogP) is 3.47. The number of nitro groups is 1. The maximum absolute atomic E-state index is 13.1. The molecule has 1 aromatic rings. The zero-order valence-electron chi connectivity index (χ0n) is 18.9. The molecule has 2 amide bonds. The number of halogens is 1. The Morgan fingerprint density at radius 2 is 1.88 bits per heavy atom. The molecule has 2 saturated heterocycles. The second-order valence-corrected chi connectivity index (χ2v) is 9.48. The summed E-state index contributed by atoms with van der Waals surface area (Å²) in [6, 6.07) is -0.00916. The van der Waals surface area contributed by atoms with Gasteiger partial charge in [0, 0.05) is 30.4 Å². The fraction of sp³-hybridized carbons (Fsp3) is 0.619. The summed E-state index contributed by atoms with van der Waals surface area (Å²) in [6.45, 7) is 6.87. The first-order valence-electron chi connectivity index (χ1n) is 10.7. The number of anilines is 1. The average Bonchev–Trinajstić information content (AvgIpc) is 2.98. The summed E-state index contributed by atoms with van der Waals surface area (Å²) >= 11 is 5.89. The molecule has 180 valence electrons. The van der Waals surface area contributed by atoms with Crippen LogP contribution in [0.1, 0.15) is 53.4 Å². The second-order valence-electron chi connectivity index (χ2n) is 9.05. The number of rotatable bonds is 4.